The van der Waals surface area contributed by atoms with Crippen molar-refractivity contribution in [2.75, 3.05) is 5.32 Å². The standard InChI is InChI=1S/C15H22N2O3/c1-9-7-6-8-11(10(9)2)16-14(20)17-12(13(18)19)15(3,4)5/h6-8,12H,1-5H3,(H,18,19)(H2,16,17,20)/t12-/m0/s1. The molecule has 3 N–H and O–H groups in total. The van der Waals surface area contributed by atoms with Crippen LogP contribution in [0.4, 0.5) is 10.5 Å². The van der Waals surface area contributed by atoms with E-state index in [-0.39, 0.29) is 0 Å². The first-order valence-electron chi connectivity index (χ1n) is 6.49. The minimum Gasteiger partial charge on any atom is -0.480 e. The van der Waals surface area contributed by atoms with E-state index in [0.717, 1.165) is 11.1 Å². The van der Waals surface area contributed by atoms with Gasteiger partial charge in [0.15, 0.2) is 0 Å². The lowest BCUT2D eigenvalue weighted by molar-refractivity contribution is -0.141. The topological polar surface area (TPSA) is 78.4 Å². The van der Waals surface area contributed by atoms with Crippen LogP contribution >= 0.6 is 0 Å². The van der Waals surface area contributed by atoms with Crippen LogP contribution in [-0.2, 0) is 4.79 Å². The zero-order valence-electron chi connectivity index (χ0n) is 12.6. The van der Waals surface area contributed by atoms with Crippen molar-refractivity contribution in [1.29, 1.82) is 0 Å². The third kappa shape index (κ3) is 3.98. The maximum absolute atomic E-state index is 12.0. The van der Waals surface area contributed by atoms with Gasteiger partial charge in [-0.05, 0) is 36.5 Å². The summed E-state index contributed by atoms with van der Waals surface area (Å²) in [5, 5.41) is 14.4. The molecule has 0 spiro atoms. The van der Waals surface area contributed by atoms with Gasteiger partial charge in [0.25, 0.3) is 0 Å². The molecule has 0 aliphatic heterocycles. The molecule has 0 unspecified atom stereocenters. The molecule has 0 aliphatic rings. The Hall–Kier alpha value is -2.04. The molecule has 0 bridgehead atoms. The number of amides is 2. The molecule has 1 aromatic carbocycles. The quantitative estimate of drug-likeness (QED) is 0.795. The summed E-state index contributed by atoms with van der Waals surface area (Å²) in [4.78, 5) is 23.2. The monoisotopic (exact) mass is 278 g/mol. The normalized spacial score (nSPS) is 12.7. The number of nitrogens with one attached hydrogen (secondary N) is 2. The van der Waals surface area contributed by atoms with Gasteiger partial charge < -0.3 is 15.7 Å². The van der Waals surface area contributed by atoms with Crippen molar-refractivity contribution in [3.8, 4) is 0 Å². The van der Waals surface area contributed by atoms with Crippen molar-refractivity contribution < 1.29 is 14.7 Å². The van der Waals surface area contributed by atoms with E-state index in [2.05, 4.69) is 10.6 Å². The number of hydrogen-bond acceptors (Lipinski definition) is 2. The van der Waals surface area contributed by atoms with Crippen molar-refractivity contribution in [2.45, 2.75) is 40.7 Å². The third-order valence-electron chi connectivity index (χ3n) is 3.24. The van der Waals surface area contributed by atoms with Crippen molar-refractivity contribution >= 4 is 17.7 Å². The summed E-state index contributed by atoms with van der Waals surface area (Å²) in [7, 11) is 0. The van der Waals surface area contributed by atoms with Gasteiger partial charge in [-0.2, -0.15) is 0 Å². The lowest BCUT2D eigenvalue weighted by Gasteiger charge is -2.27. The number of benzene rings is 1. The van der Waals surface area contributed by atoms with Gasteiger partial charge in [-0.1, -0.05) is 32.9 Å². The van der Waals surface area contributed by atoms with E-state index < -0.39 is 23.5 Å². The summed E-state index contributed by atoms with van der Waals surface area (Å²) in [5.74, 6) is -1.05. The number of rotatable bonds is 3. The van der Waals surface area contributed by atoms with Gasteiger partial charge in [0.05, 0.1) is 0 Å². The first kappa shape index (κ1) is 16.0. The highest BCUT2D eigenvalue weighted by molar-refractivity contribution is 5.93. The molecule has 110 valence electrons. The Morgan fingerprint density at radius 1 is 1.20 bits per heavy atom. The fraction of sp³-hybridized carbons (Fsp3) is 0.467. The SMILES string of the molecule is Cc1cccc(NC(=O)N[C@@H](C(=O)O)C(C)(C)C)c1C. The molecule has 0 fully saturated rings. The number of carboxylic acid groups (broad SMARTS) is 1. The molecule has 0 aromatic heterocycles. The van der Waals surface area contributed by atoms with Gasteiger partial charge in [-0.3, -0.25) is 0 Å². The summed E-state index contributed by atoms with van der Waals surface area (Å²) in [6, 6.07) is 4.12. The van der Waals surface area contributed by atoms with Gasteiger partial charge in [0.2, 0.25) is 0 Å². The van der Waals surface area contributed by atoms with Crippen LogP contribution in [0.5, 0.6) is 0 Å². The predicted octanol–water partition coefficient (Wildman–Crippen LogP) is 2.92. The molecule has 0 saturated heterocycles. The van der Waals surface area contributed by atoms with E-state index in [9.17, 15) is 14.7 Å². The van der Waals surface area contributed by atoms with Crippen molar-refractivity contribution in [3.05, 3.63) is 29.3 Å². The van der Waals surface area contributed by atoms with Crippen LogP contribution in [0.25, 0.3) is 0 Å². The first-order chi connectivity index (χ1) is 9.12. The number of hydrogen-bond donors (Lipinski definition) is 3. The summed E-state index contributed by atoms with van der Waals surface area (Å²) in [5.41, 5.74) is 2.14. The lowest BCUT2D eigenvalue weighted by Crippen LogP contribution is -2.50. The molecule has 2 amide bonds. The number of carboxylic acids is 1. The van der Waals surface area contributed by atoms with Crippen molar-refractivity contribution in [1.82, 2.24) is 5.32 Å². The van der Waals surface area contributed by atoms with Gasteiger partial charge in [-0.25, -0.2) is 9.59 Å². The average molecular weight is 278 g/mol. The van der Waals surface area contributed by atoms with E-state index in [1.54, 1.807) is 26.8 Å². The molecule has 0 saturated carbocycles. The van der Waals surface area contributed by atoms with E-state index >= 15 is 0 Å². The summed E-state index contributed by atoms with van der Waals surface area (Å²) in [6.45, 7) is 9.16. The Kier molecular flexibility index (Phi) is 4.76. The smallest absolute Gasteiger partial charge is 0.326 e. The summed E-state index contributed by atoms with van der Waals surface area (Å²) in [6.07, 6.45) is 0. The molecule has 1 aromatic rings. The Bertz CT molecular complexity index is 518. The van der Waals surface area contributed by atoms with E-state index in [1.807, 2.05) is 26.0 Å². The van der Waals surface area contributed by atoms with E-state index in [1.165, 1.54) is 0 Å². The van der Waals surface area contributed by atoms with Crippen LogP contribution in [-0.4, -0.2) is 23.1 Å². The molecular formula is C15H22N2O3. The second-order valence-corrected chi connectivity index (χ2v) is 5.98. The molecular weight excluding hydrogens is 256 g/mol. The third-order valence-corrected chi connectivity index (χ3v) is 3.24. The van der Waals surface area contributed by atoms with Crippen LogP contribution in [0.1, 0.15) is 31.9 Å². The lowest BCUT2D eigenvalue weighted by atomic mass is 9.87. The number of aryl methyl sites for hydroxylation is 1. The van der Waals surface area contributed by atoms with Crippen LogP contribution in [0.15, 0.2) is 18.2 Å². The number of anilines is 1. The highest BCUT2D eigenvalue weighted by atomic mass is 16.4. The molecule has 20 heavy (non-hydrogen) atoms. The predicted molar refractivity (Wildman–Crippen MR) is 78.9 cm³/mol. The van der Waals surface area contributed by atoms with Crippen molar-refractivity contribution in [2.24, 2.45) is 5.41 Å². The fourth-order valence-electron chi connectivity index (χ4n) is 1.82. The number of aliphatic carboxylic acids is 1. The Morgan fingerprint density at radius 3 is 2.30 bits per heavy atom. The number of carbonyl (C=O) groups is 2. The summed E-state index contributed by atoms with van der Waals surface area (Å²) < 4.78 is 0. The second kappa shape index (κ2) is 5.94. The zero-order chi connectivity index (χ0) is 15.5. The molecule has 0 radical (unpaired) electrons. The van der Waals surface area contributed by atoms with E-state index in [4.69, 9.17) is 0 Å². The Morgan fingerprint density at radius 2 is 1.80 bits per heavy atom. The minimum atomic E-state index is -1.05. The molecule has 0 heterocycles. The van der Waals surface area contributed by atoms with Gasteiger partial charge >= 0.3 is 12.0 Å². The molecule has 5 nitrogen and oxygen atoms in total. The highest BCUT2D eigenvalue weighted by Crippen LogP contribution is 2.21. The van der Waals surface area contributed by atoms with Crippen LogP contribution in [0.2, 0.25) is 0 Å². The molecule has 0 aliphatic carbocycles. The highest BCUT2D eigenvalue weighted by Gasteiger charge is 2.32. The van der Waals surface area contributed by atoms with Gasteiger partial charge in [0.1, 0.15) is 6.04 Å². The van der Waals surface area contributed by atoms with Crippen LogP contribution in [0, 0.1) is 19.3 Å². The average Bonchev–Trinajstić information content (AvgIpc) is 2.30. The van der Waals surface area contributed by atoms with E-state index in [0.29, 0.717) is 5.69 Å². The van der Waals surface area contributed by atoms with Crippen LogP contribution in [0.3, 0.4) is 0 Å². The maximum atomic E-state index is 12.0. The van der Waals surface area contributed by atoms with Crippen LogP contribution < -0.4 is 10.6 Å². The Labute approximate surface area is 119 Å². The number of urea groups is 1. The first-order valence-corrected chi connectivity index (χ1v) is 6.49. The molecule has 1 rings (SSSR count). The fourth-order valence-corrected chi connectivity index (χ4v) is 1.82. The van der Waals surface area contributed by atoms with Crippen molar-refractivity contribution in [3.63, 3.8) is 0 Å². The largest absolute Gasteiger partial charge is 0.480 e. The maximum Gasteiger partial charge on any atom is 0.326 e. The summed E-state index contributed by atoms with van der Waals surface area (Å²) >= 11 is 0. The van der Waals surface area contributed by atoms with Gasteiger partial charge in [-0.15, -0.1) is 0 Å². The molecule has 1 atom stereocenters. The second-order valence-electron chi connectivity index (χ2n) is 5.98. The minimum absolute atomic E-state index is 0.513. The molecule has 5 heteroatoms. The Balaban J connectivity index is 2.82. The van der Waals surface area contributed by atoms with Gasteiger partial charge in [0, 0.05) is 5.69 Å². The number of carbonyl (C=O) groups excluding carboxylic acids is 1. The zero-order valence-corrected chi connectivity index (χ0v) is 12.6.